The Labute approximate surface area is 115 Å². The molecule has 0 aliphatic rings. The van der Waals surface area contributed by atoms with Crippen molar-refractivity contribution in [2.24, 2.45) is 0 Å². The second-order valence-corrected chi connectivity index (χ2v) is 4.21. The van der Waals surface area contributed by atoms with E-state index in [9.17, 15) is 10.1 Å². The van der Waals surface area contributed by atoms with Crippen LogP contribution in [0.3, 0.4) is 0 Å². The molecule has 0 amide bonds. The number of hydrogen-bond donors (Lipinski definition) is 0. The fourth-order valence-electron chi connectivity index (χ4n) is 1.77. The van der Waals surface area contributed by atoms with Crippen molar-refractivity contribution in [2.45, 2.75) is 27.2 Å². The van der Waals surface area contributed by atoms with Gasteiger partial charge in [-0.3, -0.25) is 14.7 Å². The van der Waals surface area contributed by atoms with Crippen LogP contribution in [0.5, 0.6) is 6.01 Å². The molecule has 0 bridgehead atoms. The molecule has 0 aromatic carbocycles. The highest BCUT2D eigenvalue weighted by molar-refractivity contribution is 5.51. The van der Waals surface area contributed by atoms with Gasteiger partial charge in [-0.25, -0.2) is 4.98 Å². The number of nitrogens with zero attached hydrogens (tertiary/aromatic N) is 5. The van der Waals surface area contributed by atoms with Gasteiger partial charge >= 0.3 is 11.7 Å². The van der Waals surface area contributed by atoms with Gasteiger partial charge in [0.15, 0.2) is 0 Å². The van der Waals surface area contributed by atoms with Crippen LogP contribution in [0.15, 0.2) is 12.4 Å². The van der Waals surface area contributed by atoms with Crippen LogP contribution in [0.2, 0.25) is 0 Å². The number of rotatable bonds is 5. The molecule has 0 radical (unpaired) electrons. The lowest BCUT2D eigenvalue weighted by Crippen LogP contribution is -2.10. The summed E-state index contributed by atoms with van der Waals surface area (Å²) in [5.41, 5.74) is 0.120. The molecule has 0 spiro atoms. The van der Waals surface area contributed by atoms with Gasteiger partial charge in [0.25, 0.3) is 0 Å². The molecule has 2 aromatic heterocycles. The Kier molecular flexibility index (Phi) is 3.92. The molecule has 0 N–H and O–H groups in total. The third-order valence-corrected chi connectivity index (χ3v) is 2.69. The largest absolute Gasteiger partial charge is 0.463 e. The van der Waals surface area contributed by atoms with E-state index in [1.165, 1.54) is 0 Å². The van der Waals surface area contributed by atoms with E-state index in [2.05, 4.69) is 15.0 Å². The molecule has 2 heterocycles. The summed E-state index contributed by atoms with van der Waals surface area (Å²) >= 11 is 0. The first kappa shape index (κ1) is 13.9. The molecule has 8 nitrogen and oxygen atoms in total. The standard InChI is InChI=1S/C12H15N5O3/c1-4-7-20-12-14-8(2)10(17(18)19)11(15-12)16-6-5-13-9(16)3/h5-6H,4,7H2,1-3H3. The van der Waals surface area contributed by atoms with Crippen molar-refractivity contribution < 1.29 is 9.66 Å². The first-order chi connectivity index (χ1) is 9.54. The molecule has 0 aliphatic carbocycles. The Morgan fingerprint density at radius 2 is 2.15 bits per heavy atom. The topological polar surface area (TPSA) is 96.0 Å². The summed E-state index contributed by atoms with van der Waals surface area (Å²) < 4.78 is 6.92. The minimum Gasteiger partial charge on any atom is -0.463 e. The van der Waals surface area contributed by atoms with E-state index in [1.807, 2.05) is 6.92 Å². The lowest BCUT2D eigenvalue weighted by Gasteiger charge is -2.09. The molecule has 0 atom stereocenters. The third kappa shape index (κ3) is 2.58. The Hall–Kier alpha value is -2.51. The van der Waals surface area contributed by atoms with Crippen LogP contribution in [0, 0.1) is 24.0 Å². The van der Waals surface area contributed by atoms with E-state index >= 15 is 0 Å². The van der Waals surface area contributed by atoms with E-state index in [0.717, 1.165) is 6.42 Å². The van der Waals surface area contributed by atoms with E-state index < -0.39 is 4.92 Å². The number of imidazole rings is 1. The molecule has 0 saturated heterocycles. The average Bonchev–Trinajstić information content (AvgIpc) is 2.81. The molecule has 20 heavy (non-hydrogen) atoms. The quantitative estimate of drug-likeness (QED) is 0.612. The highest BCUT2D eigenvalue weighted by Crippen LogP contribution is 2.26. The minimum atomic E-state index is -0.492. The van der Waals surface area contributed by atoms with E-state index in [4.69, 9.17) is 4.74 Å². The minimum absolute atomic E-state index is 0.137. The second kappa shape index (κ2) is 5.64. The predicted molar refractivity (Wildman–Crippen MR) is 71.1 cm³/mol. The van der Waals surface area contributed by atoms with Gasteiger partial charge < -0.3 is 4.74 Å². The highest BCUT2D eigenvalue weighted by Gasteiger charge is 2.24. The van der Waals surface area contributed by atoms with Crippen molar-refractivity contribution in [1.82, 2.24) is 19.5 Å². The van der Waals surface area contributed by atoms with Crippen molar-refractivity contribution in [3.05, 3.63) is 34.0 Å². The van der Waals surface area contributed by atoms with Crippen molar-refractivity contribution in [3.8, 4) is 11.8 Å². The Morgan fingerprint density at radius 1 is 1.40 bits per heavy atom. The number of nitro groups is 1. The van der Waals surface area contributed by atoms with Gasteiger partial charge in [0, 0.05) is 12.4 Å². The van der Waals surface area contributed by atoms with Gasteiger partial charge in [0.1, 0.15) is 11.5 Å². The van der Waals surface area contributed by atoms with Crippen LogP contribution in [-0.4, -0.2) is 31.0 Å². The summed E-state index contributed by atoms with van der Waals surface area (Å²) in [6, 6.07) is 0.137. The SMILES string of the molecule is CCCOc1nc(C)c([N+](=O)[O-])c(-n2ccnc2C)n1. The maximum atomic E-state index is 11.2. The van der Waals surface area contributed by atoms with Gasteiger partial charge in [-0.2, -0.15) is 9.97 Å². The van der Waals surface area contributed by atoms with Crippen molar-refractivity contribution in [3.63, 3.8) is 0 Å². The van der Waals surface area contributed by atoms with Gasteiger partial charge in [-0.15, -0.1) is 0 Å². The zero-order chi connectivity index (χ0) is 14.7. The van der Waals surface area contributed by atoms with Crippen LogP contribution < -0.4 is 4.74 Å². The zero-order valence-corrected chi connectivity index (χ0v) is 11.5. The summed E-state index contributed by atoms with van der Waals surface area (Å²) in [6.07, 6.45) is 3.98. The second-order valence-electron chi connectivity index (χ2n) is 4.21. The third-order valence-electron chi connectivity index (χ3n) is 2.69. The molecular formula is C12H15N5O3. The molecule has 0 fully saturated rings. The van der Waals surface area contributed by atoms with Crippen LogP contribution >= 0.6 is 0 Å². The smallest absolute Gasteiger partial charge is 0.333 e. The summed E-state index contributed by atoms with van der Waals surface area (Å²) in [5.74, 6) is 0.774. The van der Waals surface area contributed by atoms with Crippen molar-refractivity contribution in [2.75, 3.05) is 6.61 Å². The number of ether oxygens (including phenoxy) is 1. The molecule has 0 saturated carbocycles. The van der Waals surface area contributed by atoms with E-state index in [-0.39, 0.29) is 23.2 Å². The van der Waals surface area contributed by atoms with Crippen LogP contribution in [0.1, 0.15) is 24.9 Å². The maximum absolute atomic E-state index is 11.2. The summed E-state index contributed by atoms with van der Waals surface area (Å²) in [6.45, 7) is 5.72. The monoisotopic (exact) mass is 277 g/mol. The average molecular weight is 277 g/mol. The number of hydrogen-bond acceptors (Lipinski definition) is 6. The fraction of sp³-hybridized carbons (Fsp3) is 0.417. The maximum Gasteiger partial charge on any atom is 0.333 e. The van der Waals surface area contributed by atoms with Gasteiger partial charge in [0.2, 0.25) is 5.82 Å². The Morgan fingerprint density at radius 3 is 2.70 bits per heavy atom. The Bertz CT molecular complexity index is 638. The van der Waals surface area contributed by atoms with Crippen molar-refractivity contribution in [1.29, 1.82) is 0 Å². The first-order valence-corrected chi connectivity index (χ1v) is 6.20. The highest BCUT2D eigenvalue weighted by atomic mass is 16.6. The van der Waals surface area contributed by atoms with Crippen molar-refractivity contribution >= 4 is 5.69 Å². The molecule has 106 valence electrons. The van der Waals surface area contributed by atoms with Crippen LogP contribution in [0.25, 0.3) is 5.82 Å². The molecule has 2 aromatic rings. The van der Waals surface area contributed by atoms with E-state index in [1.54, 1.807) is 30.8 Å². The lowest BCUT2D eigenvalue weighted by molar-refractivity contribution is -0.385. The van der Waals surface area contributed by atoms with Crippen LogP contribution in [0.4, 0.5) is 5.69 Å². The van der Waals surface area contributed by atoms with E-state index in [0.29, 0.717) is 12.4 Å². The molecule has 2 rings (SSSR count). The predicted octanol–water partition coefficient (Wildman–Crippen LogP) is 1.98. The molecule has 8 heteroatoms. The fourth-order valence-corrected chi connectivity index (χ4v) is 1.77. The lowest BCUT2D eigenvalue weighted by atomic mass is 10.3. The van der Waals surface area contributed by atoms with Gasteiger partial charge in [-0.1, -0.05) is 6.92 Å². The normalized spacial score (nSPS) is 10.6. The first-order valence-electron chi connectivity index (χ1n) is 6.20. The van der Waals surface area contributed by atoms with Gasteiger partial charge in [-0.05, 0) is 20.3 Å². The van der Waals surface area contributed by atoms with Gasteiger partial charge in [0.05, 0.1) is 11.5 Å². The molecule has 0 unspecified atom stereocenters. The zero-order valence-electron chi connectivity index (χ0n) is 11.5. The molecular weight excluding hydrogens is 262 g/mol. The van der Waals surface area contributed by atoms with Crippen LogP contribution in [-0.2, 0) is 0 Å². The summed E-state index contributed by atoms with van der Waals surface area (Å²) in [4.78, 5) is 23.0. The molecule has 0 aliphatic heterocycles. The number of aromatic nitrogens is 4. The Balaban J connectivity index is 2.59. The summed E-state index contributed by atoms with van der Waals surface area (Å²) in [7, 11) is 0. The summed E-state index contributed by atoms with van der Waals surface area (Å²) in [5, 5.41) is 11.2. The number of aryl methyl sites for hydroxylation is 2.